The van der Waals surface area contributed by atoms with Crippen LogP contribution in [-0.4, -0.2) is 45.8 Å². The fourth-order valence-corrected chi connectivity index (χ4v) is 10.7. The topological polar surface area (TPSA) is 23.0 Å². The molecule has 0 spiro atoms. The van der Waals surface area contributed by atoms with Crippen LogP contribution in [0.1, 0.15) is 135 Å². The van der Waals surface area contributed by atoms with Gasteiger partial charge in [-0.15, -0.1) is 0 Å². The lowest BCUT2D eigenvalue weighted by Crippen LogP contribution is -2.72. The molecule has 1 unspecified atom stereocenters. The molecule has 4 aromatic rings. The fourth-order valence-electron chi connectivity index (χ4n) is 10.7. The van der Waals surface area contributed by atoms with Gasteiger partial charge in [-0.25, -0.2) is 4.58 Å². The highest BCUT2D eigenvalue weighted by Gasteiger charge is 2.60. The van der Waals surface area contributed by atoms with E-state index < -0.39 is 0 Å². The van der Waals surface area contributed by atoms with Crippen LogP contribution < -0.4 is 4.57 Å². The molecule has 1 aliphatic heterocycles. The number of fused-ring (bicyclic) bond motifs is 2. The molecule has 2 fully saturated rings. The van der Waals surface area contributed by atoms with Crippen molar-refractivity contribution in [2.75, 3.05) is 13.6 Å². The third-order valence-corrected chi connectivity index (χ3v) is 14.3. The highest BCUT2D eigenvalue weighted by Crippen LogP contribution is 2.56. The van der Waals surface area contributed by atoms with Crippen molar-refractivity contribution in [1.29, 1.82) is 0 Å². The second-order valence-electron chi connectivity index (χ2n) is 17.8. The van der Waals surface area contributed by atoms with Crippen LogP contribution in [0.25, 0.3) is 33.1 Å². The molecular weight excluding hydrogens is 609 g/mol. The van der Waals surface area contributed by atoms with Crippen LogP contribution in [0.4, 0.5) is 0 Å². The van der Waals surface area contributed by atoms with Crippen molar-refractivity contribution in [2.45, 2.75) is 148 Å². The molecule has 2 aromatic heterocycles. The van der Waals surface area contributed by atoms with Gasteiger partial charge in [0, 0.05) is 78.5 Å². The molecule has 0 amide bonds. The Bertz CT molecular complexity index is 2070. The summed E-state index contributed by atoms with van der Waals surface area (Å²) >= 11 is 0. The van der Waals surface area contributed by atoms with Gasteiger partial charge in [0.2, 0.25) is 11.2 Å². The highest BCUT2D eigenvalue weighted by atomic mass is 15.2. The fraction of sp³-hybridized carbons (Fsp3) is 0.543. The van der Waals surface area contributed by atoms with E-state index in [1.165, 1.54) is 125 Å². The van der Waals surface area contributed by atoms with Crippen LogP contribution in [-0.2, 0) is 16.4 Å². The van der Waals surface area contributed by atoms with Crippen molar-refractivity contribution < 1.29 is 9.14 Å². The summed E-state index contributed by atoms with van der Waals surface area (Å²) in [5.41, 5.74) is 13.1. The minimum atomic E-state index is -0.259. The van der Waals surface area contributed by atoms with E-state index in [0.29, 0.717) is 12.1 Å². The average molecular weight is 669 g/mol. The molecule has 1 atom stereocenters. The smallest absolute Gasteiger partial charge is 0.218 e. The van der Waals surface area contributed by atoms with E-state index in [2.05, 4.69) is 131 Å². The van der Waals surface area contributed by atoms with Gasteiger partial charge in [0.1, 0.15) is 7.05 Å². The Hall–Kier alpha value is -3.53. The number of hydrogen-bond acceptors (Lipinski definition) is 2. The number of rotatable bonds is 6. The first kappa shape index (κ1) is 33.6. The molecule has 3 heterocycles. The third-order valence-electron chi connectivity index (χ3n) is 14.3. The molecule has 0 N–H and O–H groups in total. The maximum absolute atomic E-state index is 5.22. The Labute approximate surface area is 301 Å². The van der Waals surface area contributed by atoms with Crippen molar-refractivity contribution >= 4 is 27.5 Å². The van der Waals surface area contributed by atoms with E-state index in [9.17, 15) is 0 Å². The first-order chi connectivity index (χ1) is 23.9. The number of pyridine rings is 2. The molecule has 4 nitrogen and oxygen atoms in total. The molecule has 262 valence electrons. The summed E-state index contributed by atoms with van der Waals surface area (Å²) in [6, 6.07) is 17.5. The summed E-state index contributed by atoms with van der Waals surface area (Å²) in [4.78, 5) is 8.09. The summed E-state index contributed by atoms with van der Waals surface area (Å²) < 4.78 is 5.44. The maximum atomic E-state index is 5.22. The van der Waals surface area contributed by atoms with Gasteiger partial charge in [-0.2, -0.15) is 4.57 Å². The number of aryl methyl sites for hydroxylation is 1. The van der Waals surface area contributed by atoms with Crippen molar-refractivity contribution in [3.05, 3.63) is 82.7 Å². The van der Waals surface area contributed by atoms with E-state index in [4.69, 9.17) is 4.98 Å². The normalized spacial score (nSPS) is 23.7. The number of allylic oxidation sites excluding steroid dienone is 2. The lowest BCUT2D eigenvalue weighted by atomic mass is 9.60. The Kier molecular flexibility index (Phi) is 8.08. The number of aromatic nitrogens is 2. The van der Waals surface area contributed by atoms with Gasteiger partial charge >= 0.3 is 0 Å². The van der Waals surface area contributed by atoms with Crippen LogP contribution in [0.2, 0.25) is 0 Å². The molecule has 0 bridgehead atoms. The van der Waals surface area contributed by atoms with E-state index in [1.54, 1.807) is 0 Å². The Morgan fingerprint density at radius 2 is 1.56 bits per heavy atom. The predicted molar refractivity (Wildman–Crippen MR) is 209 cm³/mol. The summed E-state index contributed by atoms with van der Waals surface area (Å²) in [5, 5.41) is 2.74. The minimum Gasteiger partial charge on any atom is -0.365 e. The summed E-state index contributed by atoms with van der Waals surface area (Å²) in [6.07, 6.45) is 18.1. The highest BCUT2D eigenvalue weighted by molar-refractivity contribution is 6.03. The molecule has 4 aliphatic rings. The van der Waals surface area contributed by atoms with Crippen LogP contribution >= 0.6 is 0 Å². The SMILES string of the molecule is CC(=CC(C)=[N+](C)C1CCCCC1)N(CC1(C)[n+]2c3c(cc4c(C)cccc42)C(C)(C)c2cccc4ncc(c-3c24)C1(C)C)C1CCCCC1. The Morgan fingerprint density at radius 1 is 0.880 bits per heavy atom. The van der Waals surface area contributed by atoms with Crippen molar-refractivity contribution in [3.63, 3.8) is 0 Å². The molecule has 8 rings (SSSR count). The van der Waals surface area contributed by atoms with Gasteiger partial charge in [-0.3, -0.25) is 4.98 Å². The molecule has 3 aliphatic carbocycles. The van der Waals surface area contributed by atoms with Crippen LogP contribution in [0, 0.1) is 6.92 Å². The minimum absolute atomic E-state index is 0.155. The number of benzene rings is 2. The standard InChI is InChI=1S/C46H60N4/c1-30-18-16-25-40-35(30)27-37-43-42-38(28-47-39-24-17-23-36(41(39)42)44(37,4)5)45(6,7)46(8,50(40)43)29-49(34-21-14-11-15-22-34)32(3)26-31(2)48(9)33-19-12-10-13-20-33/h16-18,23-28,33-34H,10-15,19-22,29H2,1-9H3/q+2. The second-order valence-corrected chi connectivity index (χ2v) is 17.8. The largest absolute Gasteiger partial charge is 0.365 e. The van der Waals surface area contributed by atoms with E-state index >= 15 is 0 Å². The van der Waals surface area contributed by atoms with Gasteiger partial charge in [-0.05, 0) is 82.2 Å². The molecular formula is C46H60N4+2. The molecule has 4 heteroatoms. The predicted octanol–water partition coefficient (Wildman–Crippen LogP) is 10.3. The Balaban J connectivity index is 1.38. The first-order valence-electron chi connectivity index (χ1n) is 19.8. The summed E-state index contributed by atoms with van der Waals surface area (Å²) in [7, 11) is 2.34. The first-order valence-corrected chi connectivity index (χ1v) is 19.8. The third kappa shape index (κ3) is 4.86. The van der Waals surface area contributed by atoms with Crippen molar-refractivity contribution in [2.24, 2.45) is 0 Å². The zero-order chi connectivity index (χ0) is 35.2. The van der Waals surface area contributed by atoms with Crippen LogP contribution in [0.15, 0.2) is 60.4 Å². The summed E-state index contributed by atoms with van der Waals surface area (Å²) in [6.45, 7) is 20.5. The Morgan fingerprint density at radius 3 is 2.28 bits per heavy atom. The zero-order valence-electron chi connectivity index (χ0n) is 32.4. The van der Waals surface area contributed by atoms with Gasteiger partial charge in [0.05, 0.1) is 23.0 Å². The van der Waals surface area contributed by atoms with E-state index in [-0.39, 0.29) is 16.4 Å². The molecule has 0 radical (unpaired) electrons. The van der Waals surface area contributed by atoms with Crippen LogP contribution in [0.3, 0.4) is 0 Å². The van der Waals surface area contributed by atoms with Gasteiger partial charge in [-0.1, -0.05) is 63.8 Å². The monoisotopic (exact) mass is 668 g/mol. The second kappa shape index (κ2) is 12.0. The van der Waals surface area contributed by atoms with Crippen molar-refractivity contribution in [1.82, 2.24) is 9.88 Å². The van der Waals surface area contributed by atoms with Gasteiger partial charge < -0.3 is 4.90 Å². The van der Waals surface area contributed by atoms with Gasteiger partial charge in [0.25, 0.3) is 0 Å². The zero-order valence-corrected chi connectivity index (χ0v) is 32.4. The molecule has 50 heavy (non-hydrogen) atoms. The van der Waals surface area contributed by atoms with E-state index in [0.717, 1.165) is 12.1 Å². The molecule has 2 aromatic carbocycles. The summed E-state index contributed by atoms with van der Waals surface area (Å²) in [5.74, 6) is 0. The van der Waals surface area contributed by atoms with E-state index in [1.807, 2.05) is 0 Å². The number of hydrogen-bond donors (Lipinski definition) is 0. The number of nitrogens with zero attached hydrogens (tertiary/aromatic N) is 4. The lowest BCUT2D eigenvalue weighted by Gasteiger charge is -2.50. The van der Waals surface area contributed by atoms with Gasteiger partial charge in [0.15, 0.2) is 17.3 Å². The molecule has 0 saturated heterocycles. The molecule has 2 saturated carbocycles. The maximum Gasteiger partial charge on any atom is 0.218 e. The van der Waals surface area contributed by atoms with Crippen LogP contribution in [0.5, 0.6) is 0 Å². The lowest BCUT2D eigenvalue weighted by molar-refractivity contribution is -0.741. The average Bonchev–Trinajstić information content (AvgIpc) is 3.11. The van der Waals surface area contributed by atoms with Crippen molar-refractivity contribution in [3.8, 4) is 11.3 Å². The quantitative estimate of drug-likeness (QED) is 0.151.